The summed E-state index contributed by atoms with van der Waals surface area (Å²) in [5.41, 5.74) is 0.965. The monoisotopic (exact) mass is 258 g/mol. The van der Waals surface area contributed by atoms with Gasteiger partial charge in [-0.05, 0) is 5.56 Å². The SMILES string of the molecule is O=CC(O)C(O)C(O)CO.OCc1ccccc1. The van der Waals surface area contributed by atoms with Crippen molar-refractivity contribution in [2.45, 2.75) is 24.9 Å². The number of hydrogen-bond acceptors (Lipinski definition) is 6. The highest BCUT2D eigenvalue weighted by molar-refractivity contribution is 5.56. The van der Waals surface area contributed by atoms with Gasteiger partial charge >= 0.3 is 0 Å². The molecule has 0 spiro atoms. The van der Waals surface area contributed by atoms with E-state index in [1.54, 1.807) is 0 Å². The van der Waals surface area contributed by atoms with Gasteiger partial charge < -0.3 is 30.3 Å². The predicted molar refractivity (Wildman–Crippen MR) is 63.5 cm³/mol. The van der Waals surface area contributed by atoms with E-state index in [9.17, 15) is 4.79 Å². The number of aldehydes is 1. The van der Waals surface area contributed by atoms with Crippen LogP contribution in [0, 0.1) is 0 Å². The van der Waals surface area contributed by atoms with Crippen LogP contribution in [-0.4, -0.2) is 56.7 Å². The van der Waals surface area contributed by atoms with Crippen molar-refractivity contribution in [1.29, 1.82) is 0 Å². The van der Waals surface area contributed by atoms with Crippen molar-refractivity contribution < 1.29 is 30.3 Å². The van der Waals surface area contributed by atoms with Gasteiger partial charge in [0.05, 0.1) is 13.2 Å². The summed E-state index contributed by atoms with van der Waals surface area (Å²) >= 11 is 0. The second-order valence-electron chi connectivity index (χ2n) is 3.51. The van der Waals surface area contributed by atoms with Gasteiger partial charge in [0, 0.05) is 0 Å². The van der Waals surface area contributed by atoms with Crippen molar-refractivity contribution in [1.82, 2.24) is 0 Å². The van der Waals surface area contributed by atoms with Crippen LogP contribution in [0.3, 0.4) is 0 Å². The molecule has 0 amide bonds. The quantitative estimate of drug-likeness (QED) is 0.408. The van der Waals surface area contributed by atoms with Crippen LogP contribution in [0.2, 0.25) is 0 Å². The van der Waals surface area contributed by atoms with Crippen LogP contribution in [0.15, 0.2) is 30.3 Å². The van der Waals surface area contributed by atoms with Crippen LogP contribution in [0.1, 0.15) is 5.56 Å². The second kappa shape index (κ2) is 9.69. The summed E-state index contributed by atoms with van der Waals surface area (Å²) < 4.78 is 0. The van der Waals surface area contributed by atoms with Gasteiger partial charge in [-0.3, -0.25) is 0 Å². The molecule has 5 N–H and O–H groups in total. The lowest BCUT2D eigenvalue weighted by Gasteiger charge is -2.16. The lowest BCUT2D eigenvalue weighted by molar-refractivity contribution is -0.127. The highest BCUT2D eigenvalue weighted by Crippen LogP contribution is 1.96. The number of hydrogen-bond donors (Lipinski definition) is 5. The minimum absolute atomic E-state index is 0.0869. The van der Waals surface area contributed by atoms with Crippen LogP contribution < -0.4 is 0 Å². The van der Waals surface area contributed by atoms with Crippen LogP contribution in [0.25, 0.3) is 0 Å². The fourth-order valence-electron chi connectivity index (χ4n) is 1.000. The van der Waals surface area contributed by atoms with Crippen LogP contribution in [0.4, 0.5) is 0 Å². The molecule has 102 valence electrons. The highest BCUT2D eigenvalue weighted by atomic mass is 16.4. The van der Waals surface area contributed by atoms with E-state index in [4.69, 9.17) is 25.5 Å². The molecular weight excluding hydrogens is 240 g/mol. The first-order valence-electron chi connectivity index (χ1n) is 5.32. The third-order valence-electron chi connectivity index (χ3n) is 2.10. The van der Waals surface area contributed by atoms with Gasteiger partial charge in [-0.1, -0.05) is 30.3 Å². The topological polar surface area (TPSA) is 118 Å². The molecule has 1 aromatic carbocycles. The largest absolute Gasteiger partial charge is 0.394 e. The number of aliphatic hydroxyl groups is 5. The predicted octanol–water partition coefficient (Wildman–Crippen LogP) is -1.56. The first-order chi connectivity index (χ1) is 8.56. The first kappa shape index (κ1) is 16.7. The normalized spacial score (nSPS) is 14.9. The molecule has 6 nitrogen and oxygen atoms in total. The maximum Gasteiger partial charge on any atom is 0.151 e. The van der Waals surface area contributed by atoms with Crippen molar-refractivity contribution in [3.05, 3.63) is 35.9 Å². The number of benzene rings is 1. The van der Waals surface area contributed by atoms with E-state index < -0.39 is 24.9 Å². The molecule has 3 unspecified atom stereocenters. The van der Waals surface area contributed by atoms with E-state index in [0.29, 0.717) is 0 Å². The average Bonchev–Trinajstić information content (AvgIpc) is 2.46. The molecule has 1 aromatic rings. The Hall–Kier alpha value is -1.31. The molecule has 0 saturated heterocycles. The van der Waals surface area contributed by atoms with Crippen molar-refractivity contribution in [3.8, 4) is 0 Å². The molecular formula is C12H18O6. The summed E-state index contributed by atoms with van der Waals surface area (Å²) in [6, 6.07) is 9.52. The van der Waals surface area contributed by atoms with Gasteiger partial charge in [-0.25, -0.2) is 0 Å². The minimum Gasteiger partial charge on any atom is -0.394 e. The number of aliphatic hydroxyl groups excluding tert-OH is 5. The Balaban J connectivity index is 0.000000327. The van der Waals surface area contributed by atoms with Gasteiger partial charge in [0.15, 0.2) is 6.29 Å². The molecule has 0 fully saturated rings. The summed E-state index contributed by atoms with van der Waals surface area (Å²) in [5.74, 6) is 0. The number of rotatable bonds is 5. The Morgan fingerprint density at radius 1 is 1.06 bits per heavy atom. The fourth-order valence-corrected chi connectivity index (χ4v) is 1.000. The summed E-state index contributed by atoms with van der Waals surface area (Å²) in [7, 11) is 0. The third-order valence-corrected chi connectivity index (χ3v) is 2.10. The zero-order valence-corrected chi connectivity index (χ0v) is 9.75. The molecule has 0 aliphatic carbocycles. The van der Waals surface area contributed by atoms with E-state index in [2.05, 4.69) is 0 Å². The van der Waals surface area contributed by atoms with Crippen molar-refractivity contribution >= 4 is 6.29 Å². The highest BCUT2D eigenvalue weighted by Gasteiger charge is 2.22. The third kappa shape index (κ3) is 6.43. The Labute approximate surface area is 105 Å². The molecule has 0 aliphatic heterocycles. The Kier molecular flexibility index (Phi) is 8.99. The standard InChI is InChI=1S/C7H8O.C5H10O5/c8-6-7-4-2-1-3-5-7;6-1-3(8)5(10)4(9)2-7/h1-5,8H,6H2;1,3-5,7-10H,2H2. The smallest absolute Gasteiger partial charge is 0.151 e. The number of carbonyl (C=O) groups is 1. The Bertz CT molecular complexity index is 316. The minimum atomic E-state index is -1.64. The summed E-state index contributed by atoms with van der Waals surface area (Å²) in [4.78, 5) is 9.76. The molecule has 3 atom stereocenters. The molecule has 1 rings (SSSR count). The summed E-state index contributed by atoms with van der Waals surface area (Å²) in [6.07, 6.45) is -4.63. The molecule has 0 radical (unpaired) electrons. The van der Waals surface area contributed by atoms with E-state index in [1.165, 1.54) is 0 Å². The number of carbonyl (C=O) groups excluding carboxylic acids is 1. The van der Waals surface area contributed by atoms with Crippen molar-refractivity contribution in [2.24, 2.45) is 0 Å². The van der Waals surface area contributed by atoms with Crippen LogP contribution in [-0.2, 0) is 11.4 Å². The Morgan fingerprint density at radius 3 is 1.94 bits per heavy atom. The Morgan fingerprint density at radius 2 is 1.61 bits per heavy atom. The van der Waals surface area contributed by atoms with Gasteiger partial charge in [-0.15, -0.1) is 0 Å². The molecule has 6 heteroatoms. The van der Waals surface area contributed by atoms with E-state index in [-0.39, 0.29) is 12.9 Å². The maximum absolute atomic E-state index is 9.76. The fraction of sp³-hybridized carbons (Fsp3) is 0.417. The lowest BCUT2D eigenvalue weighted by Crippen LogP contribution is -2.40. The lowest BCUT2D eigenvalue weighted by atomic mass is 10.1. The second-order valence-corrected chi connectivity index (χ2v) is 3.51. The van der Waals surface area contributed by atoms with Gasteiger partial charge in [-0.2, -0.15) is 0 Å². The molecule has 0 heterocycles. The summed E-state index contributed by atoms with van der Waals surface area (Å²) in [6.45, 7) is -0.549. The molecule has 0 saturated carbocycles. The van der Waals surface area contributed by atoms with Crippen LogP contribution >= 0.6 is 0 Å². The van der Waals surface area contributed by atoms with Crippen LogP contribution in [0.5, 0.6) is 0 Å². The first-order valence-corrected chi connectivity index (χ1v) is 5.32. The summed E-state index contributed by atoms with van der Waals surface area (Å²) in [5, 5.41) is 42.6. The van der Waals surface area contributed by atoms with Gasteiger partial charge in [0.25, 0.3) is 0 Å². The maximum atomic E-state index is 9.76. The molecule has 18 heavy (non-hydrogen) atoms. The van der Waals surface area contributed by atoms with E-state index in [1.807, 2.05) is 30.3 Å². The van der Waals surface area contributed by atoms with E-state index in [0.717, 1.165) is 5.56 Å². The van der Waals surface area contributed by atoms with Gasteiger partial charge in [0.2, 0.25) is 0 Å². The average molecular weight is 258 g/mol. The zero-order valence-electron chi connectivity index (χ0n) is 9.75. The molecule has 0 aliphatic rings. The van der Waals surface area contributed by atoms with Crippen molar-refractivity contribution in [2.75, 3.05) is 6.61 Å². The molecule has 0 bridgehead atoms. The van der Waals surface area contributed by atoms with E-state index >= 15 is 0 Å². The van der Waals surface area contributed by atoms with Crippen molar-refractivity contribution in [3.63, 3.8) is 0 Å². The zero-order chi connectivity index (χ0) is 14.0. The van der Waals surface area contributed by atoms with Gasteiger partial charge in [0.1, 0.15) is 18.3 Å². The molecule has 0 aromatic heterocycles.